The van der Waals surface area contributed by atoms with E-state index in [9.17, 15) is 19.0 Å². The number of carbonyl (C=O) groups excluding carboxylic acids is 2. The van der Waals surface area contributed by atoms with Crippen molar-refractivity contribution in [3.05, 3.63) is 72.9 Å². The van der Waals surface area contributed by atoms with E-state index in [0.29, 0.717) is 23.9 Å². The summed E-state index contributed by atoms with van der Waals surface area (Å²) >= 11 is 0. The van der Waals surface area contributed by atoms with E-state index in [1.165, 1.54) is 173 Å². The van der Waals surface area contributed by atoms with Crippen LogP contribution in [0.5, 0.6) is 0 Å². The largest absolute Gasteiger partial charge is 0.756 e. The lowest BCUT2D eigenvalue weighted by Gasteiger charge is -2.28. The predicted molar refractivity (Wildman–Crippen MR) is 323 cm³/mol. The second-order valence-corrected chi connectivity index (χ2v) is 23.8. The molecule has 0 aliphatic carbocycles. The van der Waals surface area contributed by atoms with Gasteiger partial charge in [0, 0.05) is 12.8 Å². The van der Waals surface area contributed by atoms with E-state index in [1.54, 1.807) is 0 Å². The third kappa shape index (κ3) is 60.7. The maximum Gasteiger partial charge on any atom is 0.306 e. The standard InChI is InChI=1S/C66H120NO8P/c1-6-8-10-12-14-16-18-20-22-24-26-28-29-30-31-32-33-34-35-36-37-39-41-43-45-47-49-51-53-55-57-59-66(69)75-64(63-74-76(70,71)73-61-60-67(3,4)5)62-72-65(68)58-56-54-52-50-48-46-44-42-40-38-27-25-23-21-19-17-15-13-11-9-7-2/h18-21,24-27,29-30,40,42,64H,6-17,22-23,28,31-39,41,43-63H2,1-5H3/b20-18-,21-19-,26-24-,27-25-,30-29-,42-40-. The van der Waals surface area contributed by atoms with Crippen LogP contribution in [0.2, 0.25) is 0 Å². The number of phosphoric ester groups is 1. The number of hydrogen-bond donors (Lipinski definition) is 0. The molecule has 0 aliphatic rings. The van der Waals surface area contributed by atoms with Crippen molar-refractivity contribution in [2.45, 2.75) is 290 Å². The second-order valence-electron chi connectivity index (χ2n) is 22.4. The van der Waals surface area contributed by atoms with Gasteiger partial charge in [0.05, 0.1) is 27.7 Å². The normalized spacial score (nSPS) is 13.7. The zero-order valence-electron chi connectivity index (χ0n) is 50.2. The van der Waals surface area contributed by atoms with Gasteiger partial charge < -0.3 is 27.9 Å². The van der Waals surface area contributed by atoms with Gasteiger partial charge in [0.15, 0.2) is 6.10 Å². The number of ether oxygens (including phenoxy) is 2. The molecule has 0 aromatic rings. The lowest BCUT2D eigenvalue weighted by Crippen LogP contribution is -2.37. The second kappa shape index (κ2) is 57.1. The molecular formula is C66H120NO8P. The monoisotopic (exact) mass is 1090 g/mol. The molecule has 0 saturated carbocycles. The molecule has 2 unspecified atom stereocenters. The van der Waals surface area contributed by atoms with Crippen molar-refractivity contribution in [2.75, 3.05) is 47.5 Å². The van der Waals surface area contributed by atoms with E-state index in [0.717, 1.165) is 70.6 Å². The number of esters is 2. The van der Waals surface area contributed by atoms with Gasteiger partial charge in [0.1, 0.15) is 19.8 Å². The first-order chi connectivity index (χ1) is 37.0. The van der Waals surface area contributed by atoms with E-state index in [4.69, 9.17) is 18.5 Å². The molecule has 0 aromatic heterocycles. The maximum atomic E-state index is 12.8. The number of likely N-dealkylation sites (N-methyl/N-ethyl adjacent to an activating group) is 1. The lowest BCUT2D eigenvalue weighted by molar-refractivity contribution is -0.870. The van der Waals surface area contributed by atoms with Gasteiger partial charge in [-0.2, -0.15) is 0 Å². The quantitative estimate of drug-likeness (QED) is 0.0195. The third-order valence-electron chi connectivity index (χ3n) is 13.7. The Kier molecular flexibility index (Phi) is 55.2. The fourth-order valence-corrected chi connectivity index (χ4v) is 9.52. The van der Waals surface area contributed by atoms with Gasteiger partial charge in [-0.3, -0.25) is 14.2 Å². The first kappa shape index (κ1) is 73.5. The Bertz CT molecular complexity index is 1510. The van der Waals surface area contributed by atoms with E-state index >= 15 is 0 Å². The van der Waals surface area contributed by atoms with Crippen LogP contribution in [0, 0.1) is 0 Å². The molecule has 76 heavy (non-hydrogen) atoms. The van der Waals surface area contributed by atoms with Crippen LogP contribution in [-0.4, -0.2) is 70.0 Å². The lowest BCUT2D eigenvalue weighted by atomic mass is 10.0. The van der Waals surface area contributed by atoms with Crippen molar-refractivity contribution in [1.82, 2.24) is 0 Å². The molecule has 10 heteroatoms. The highest BCUT2D eigenvalue weighted by atomic mass is 31.2. The summed E-state index contributed by atoms with van der Waals surface area (Å²) in [6.07, 6.45) is 75.3. The van der Waals surface area contributed by atoms with Crippen molar-refractivity contribution in [1.29, 1.82) is 0 Å². The highest BCUT2D eigenvalue weighted by Gasteiger charge is 2.22. The van der Waals surface area contributed by atoms with Crippen LogP contribution in [0.1, 0.15) is 284 Å². The van der Waals surface area contributed by atoms with Gasteiger partial charge in [0.2, 0.25) is 0 Å². The number of unbranched alkanes of at least 4 members (excludes halogenated alkanes) is 32. The fourth-order valence-electron chi connectivity index (χ4n) is 8.79. The van der Waals surface area contributed by atoms with Crippen LogP contribution in [0.15, 0.2) is 72.9 Å². The summed E-state index contributed by atoms with van der Waals surface area (Å²) < 4.78 is 34.2. The van der Waals surface area contributed by atoms with E-state index < -0.39 is 32.5 Å². The minimum absolute atomic E-state index is 0.0349. The minimum atomic E-state index is -4.64. The van der Waals surface area contributed by atoms with Gasteiger partial charge in [0.25, 0.3) is 7.82 Å². The van der Waals surface area contributed by atoms with E-state index in [-0.39, 0.29) is 26.1 Å². The van der Waals surface area contributed by atoms with Crippen LogP contribution in [-0.2, 0) is 32.7 Å². The summed E-state index contributed by atoms with van der Waals surface area (Å²) in [5.74, 6) is -0.842. The molecule has 0 rings (SSSR count). The van der Waals surface area contributed by atoms with Crippen LogP contribution >= 0.6 is 7.82 Å². The summed E-state index contributed by atoms with van der Waals surface area (Å²) in [5.41, 5.74) is 0. The van der Waals surface area contributed by atoms with Gasteiger partial charge in [-0.1, -0.05) is 254 Å². The summed E-state index contributed by atoms with van der Waals surface area (Å²) in [7, 11) is 1.16. The highest BCUT2D eigenvalue weighted by Crippen LogP contribution is 2.38. The maximum absolute atomic E-state index is 12.8. The van der Waals surface area contributed by atoms with Crippen LogP contribution < -0.4 is 4.89 Å². The Morgan fingerprint density at radius 1 is 0.408 bits per heavy atom. The van der Waals surface area contributed by atoms with Crippen LogP contribution in [0.4, 0.5) is 0 Å². The van der Waals surface area contributed by atoms with Crippen molar-refractivity contribution < 1.29 is 42.1 Å². The molecule has 0 heterocycles. The summed E-state index contributed by atoms with van der Waals surface area (Å²) in [5, 5.41) is 0. The molecule has 0 amide bonds. The van der Waals surface area contributed by atoms with Crippen molar-refractivity contribution in [2.24, 2.45) is 0 Å². The third-order valence-corrected chi connectivity index (χ3v) is 14.7. The topological polar surface area (TPSA) is 111 Å². The number of quaternary nitrogens is 1. The van der Waals surface area contributed by atoms with E-state index in [1.807, 2.05) is 21.1 Å². The molecule has 9 nitrogen and oxygen atoms in total. The Morgan fingerprint density at radius 3 is 1.05 bits per heavy atom. The minimum Gasteiger partial charge on any atom is -0.756 e. The Hall–Kier alpha value is -2.55. The average molecular weight is 1090 g/mol. The fraction of sp³-hybridized carbons (Fsp3) is 0.788. The molecule has 0 aromatic carbocycles. The number of carbonyl (C=O) groups is 2. The Balaban J connectivity index is 4.11. The number of phosphoric acid groups is 1. The molecular weight excluding hydrogens is 966 g/mol. The van der Waals surface area contributed by atoms with E-state index in [2.05, 4.69) is 86.8 Å². The zero-order chi connectivity index (χ0) is 55.6. The van der Waals surface area contributed by atoms with Crippen molar-refractivity contribution in [3.63, 3.8) is 0 Å². The predicted octanol–water partition coefficient (Wildman–Crippen LogP) is 19.4. The van der Waals surface area contributed by atoms with Crippen LogP contribution in [0.25, 0.3) is 0 Å². The molecule has 0 aliphatic heterocycles. The van der Waals surface area contributed by atoms with Gasteiger partial charge >= 0.3 is 11.9 Å². The first-order valence-electron chi connectivity index (χ1n) is 31.6. The number of rotatable bonds is 58. The SMILES string of the molecule is CCCCCCC/C=C\C/C=C\C/C=C\CCCCCCCCCCCCCCCCCCC(=O)OC(COC(=O)CCCCCCCC/C=C\C/C=C\C/C=C\CCCCCCC)COP(=O)([O-])OCC[N+](C)(C)C. The van der Waals surface area contributed by atoms with Crippen molar-refractivity contribution >= 4 is 19.8 Å². The molecule has 0 radical (unpaired) electrons. The Labute approximate surface area is 469 Å². The van der Waals surface area contributed by atoms with Gasteiger partial charge in [-0.25, -0.2) is 0 Å². The van der Waals surface area contributed by atoms with Crippen LogP contribution in [0.3, 0.4) is 0 Å². The number of allylic oxidation sites excluding steroid dienone is 12. The van der Waals surface area contributed by atoms with Gasteiger partial charge in [-0.05, 0) is 89.9 Å². The molecule has 0 saturated heterocycles. The highest BCUT2D eigenvalue weighted by molar-refractivity contribution is 7.45. The smallest absolute Gasteiger partial charge is 0.306 e. The van der Waals surface area contributed by atoms with Gasteiger partial charge in [-0.15, -0.1) is 0 Å². The first-order valence-corrected chi connectivity index (χ1v) is 33.1. The van der Waals surface area contributed by atoms with Crippen molar-refractivity contribution in [3.8, 4) is 0 Å². The Morgan fingerprint density at radius 2 is 0.711 bits per heavy atom. The molecule has 442 valence electrons. The summed E-state index contributed by atoms with van der Waals surface area (Å²) in [6, 6.07) is 0. The zero-order valence-corrected chi connectivity index (χ0v) is 51.1. The summed E-state index contributed by atoms with van der Waals surface area (Å²) in [4.78, 5) is 37.9. The molecule has 0 fully saturated rings. The number of hydrogen-bond acceptors (Lipinski definition) is 8. The number of nitrogens with zero attached hydrogens (tertiary/aromatic N) is 1. The molecule has 0 N–H and O–H groups in total. The molecule has 2 atom stereocenters. The molecule has 0 spiro atoms. The summed E-state index contributed by atoms with van der Waals surface area (Å²) in [6.45, 7) is 4.22. The molecule has 0 bridgehead atoms. The average Bonchev–Trinajstić information content (AvgIpc) is 3.38.